The van der Waals surface area contributed by atoms with E-state index in [2.05, 4.69) is 5.32 Å². The van der Waals surface area contributed by atoms with Gasteiger partial charge in [0.25, 0.3) is 0 Å². The summed E-state index contributed by atoms with van der Waals surface area (Å²) in [5.41, 5.74) is 2.68. The van der Waals surface area contributed by atoms with Crippen molar-refractivity contribution in [3.8, 4) is 0 Å². The highest BCUT2D eigenvalue weighted by molar-refractivity contribution is 5.84. The molecule has 4 nitrogen and oxygen atoms in total. The Labute approximate surface area is 111 Å². The topological polar surface area (TPSA) is 51.5 Å². The quantitative estimate of drug-likeness (QED) is 0.751. The molecule has 19 heavy (non-hydrogen) atoms. The zero-order valence-electron chi connectivity index (χ0n) is 10.6. The standard InChI is InChI=1S/C9H11NO2.C6H4O/c1-2-12-9(11)10-8-6-4-3-5-7-8;1-2-6-4-3-5(1)7-6/h3-7H,2H2,1H3,(H,10,11);1-4H. The molecule has 0 unspecified atom stereocenters. The Bertz CT molecular complexity index is 558. The van der Waals surface area contributed by atoms with E-state index in [1.54, 1.807) is 19.1 Å². The molecule has 2 aromatic heterocycles. The highest BCUT2D eigenvalue weighted by Crippen LogP contribution is 2.13. The van der Waals surface area contributed by atoms with E-state index in [0.29, 0.717) is 6.61 Å². The number of hydrogen-bond acceptors (Lipinski definition) is 3. The molecule has 2 bridgehead atoms. The first-order chi connectivity index (χ1) is 9.28. The number of fused-ring (bicyclic) bond motifs is 2. The van der Waals surface area contributed by atoms with Crippen molar-refractivity contribution in [2.45, 2.75) is 6.92 Å². The van der Waals surface area contributed by atoms with Gasteiger partial charge in [-0.15, -0.1) is 0 Å². The summed E-state index contributed by atoms with van der Waals surface area (Å²) in [6.45, 7) is 2.16. The molecule has 0 saturated carbocycles. The van der Waals surface area contributed by atoms with E-state index >= 15 is 0 Å². The summed E-state index contributed by atoms with van der Waals surface area (Å²) in [7, 11) is 0. The SMILES string of the molecule is CCOC(=O)Nc1ccccc1.c1cc2ccc1o2. The van der Waals surface area contributed by atoms with Gasteiger partial charge in [-0.1, -0.05) is 18.2 Å². The van der Waals surface area contributed by atoms with Gasteiger partial charge in [-0.25, -0.2) is 4.79 Å². The average molecular weight is 257 g/mol. The minimum absolute atomic E-state index is 0.388. The maximum atomic E-state index is 10.9. The number of benzene rings is 2. The number of carbonyl (C=O) groups excluding carboxylic acids is 1. The van der Waals surface area contributed by atoms with E-state index in [4.69, 9.17) is 9.15 Å². The second kappa shape index (κ2) is 6.44. The van der Waals surface area contributed by atoms with E-state index in [1.807, 2.05) is 42.5 Å². The minimum Gasteiger partial charge on any atom is -0.457 e. The number of hydrogen-bond donors (Lipinski definition) is 1. The Balaban J connectivity index is 0.000000159. The lowest BCUT2D eigenvalue weighted by atomic mass is 10.3. The van der Waals surface area contributed by atoms with Crippen LogP contribution in [0.2, 0.25) is 0 Å². The molecule has 98 valence electrons. The monoisotopic (exact) mass is 257 g/mol. The first-order valence-corrected chi connectivity index (χ1v) is 6.04. The van der Waals surface area contributed by atoms with Crippen molar-refractivity contribution in [2.75, 3.05) is 11.9 Å². The second-order valence-corrected chi connectivity index (χ2v) is 3.78. The first kappa shape index (κ1) is 13.0. The molecule has 0 fully saturated rings. The molecule has 1 N–H and O–H groups in total. The number of carbonyl (C=O) groups is 1. The van der Waals surface area contributed by atoms with Crippen LogP contribution in [0.3, 0.4) is 0 Å². The Morgan fingerprint density at radius 2 is 1.63 bits per heavy atom. The summed E-state index contributed by atoms with van der Waals surface area (Å²) < 4.78 is 9.78. The Hall–Kier alpha value is -2.49. The molecule has 3 rings (SSSR count). The molecule has 0 saturated heterocycles. The van der Waals surface area contributed by atoms with Crippen molar-refractivity contribution in [3.63, 3.8) is 0 Å². The van der Waals surface area contributed by atoms with Crippen LogP contribution in [0.25, 0.3) is 11.2 Å². The number of nitrogens with one attached hydrogen (secondary N) is 1. The number of furan rings is 2. The lowest BCUT2D eigenvalue weighted by Crippen LogP contribution is -2.12. The molecule has 0 spiro atoms. The van der Waals surface area contributed by atoms with Crippen molar-refractivity contribution in [2.24, 2.45) is 0 Å². The number of anilines is 1. The normalized spacial score (nSPS) is 9.74. The van der Waals surface area contributed by atoms with Gasteiger partial charge in [0.05, 0.1) is 6.61 Å². The van der Waals surface area contributed by atoms with Crippen LogP contribution in [0.15, 0.2) is 59.0 Å². The van der Waals surface area contributed by atoms with Crippen LogP contribution in [0.4, 0.5) is 10.5 Å². The number of para-hydroxylation sites is 1. The van der Waals surface area contributed by atoms with Crippen LogP contribution in [-0.4, -0.2) is 12.7 Å². The van der Waals surface area contributed by atoms with Crippen molar-refractivity contribution in [3.05, 3.63) is 54.6 Å². The second-order valence-electron chi connectivity index (χ2n) is 3.78. The van der Waals surface area contributed by atoms with Crippen LogP contribution in [-0.2, 0) is 4.74 Å². The number of amides is 1. The van der Waals surface area contributed by atoms with Gasteiger partial charge in [-0.05, 0) is 43.3 Å². The number of rotatable bonds is 2. The predicted octanol–water partition coefficient (Wildman–Crippen LogP) is 4.13. The summed E-state index contributed by atoms with van der Waals surface area (Å²) in [5.74, 6) is 0. The maximum Gasteiger partial charge on any atom is 0.411 e. The first-order valence-electron chi connectivity index (χ1n) is 6.04. The Morgan fingerprint density at radius 3 is 2.05 bits per heavy atom. The Morgan fingerprint density at radius 1 is 1.05 bits per heavy atom. The van der Waals surface area contributed by atoms with Crippen LogP contribution in [0.1, 0.15) is 6.92 Å². The smallest absolute Gasteiger partial charge is 0.411 e. The highest BCUT2D eigenvalue weighted by atomic mass is 16.5. The summed E-state index contributed by atoms with van der Waals surface area (Å²) in [6, 6.07) is 17.0. The highest BCUT2D eigenvalue weighted by Gasteiger charge is 1.98. The molecule has 1 aromatic carbocycles. The molecule has 2 heterocycles. The van der Waals surface area contributed by atoms with Gasteiger partial charge in [0, 0.05) is 5.69 Å². The minimum atomic E-state index is -0.413. The molecular weight excluding hydrogens is 242 g/mol. The molecule has 0 aliphatic carbocycles. The van der Waals surface area contributed by atoms with Gasteiger partial charge in [0.15, 0.2) is 0 Å². The third kappa shape index (κ3) is 4.03. The average Bonchev–Trinajstić information content (AvgIpc) is 3.05. The van der Waals surface area contributed by atoms with Crippen LogP contribution >= 0.6 is 0 Å². The molecule has 1 amide bonds. The number of ether oxygens (including phenoxy) is 1. The third-order valence-electron chi connectivity index (χ3n) is 2.36. The lowest BCUT2D eigenvalue weighted by Gasteiger charge is -2.03. The van der Waals surface area contributed by atoms with E-state index in [-0.39, 0.29) is 0 Å². The fourth-order valence-corrected chi connectivity index (χ4v) is 1.52. The molecule has 0 radical (unpaired) electrons. The van der Waals surface area contributed by atoms with Crippen LogP contribution in [0.5, 0.6) is 0 Å². The van der Waals surface area contributed by atoms with Gasteiger partial charge in [0.2, 0.25) is 0 Å². The van der Waals surface area contributed by atoms with Crippen LogP contribution < -0.4 is 5.32 Å². The van der Waals surface area contributed by atoms with E-state index in [1.165, 1.54) is 0 Å². The van der Waals surface area contributed by atoms with E-state index < -0.39 is 6.09 Å². The predicted molar refractivity (Wildman–Crippen MR) is 74.5 cm³/mol. The summed E-state index contributed by atoms with van der Waals surface area (Å²) in [6.07, 6.45) is -0.413. The molecule has 0 aliphatic rings. The van der Waals surface area contributed by atoms with E-state index in [9.17, 15) is 4.79 Å². The summed E-state index contributed by atoms with van der Waals surface area (Å²) >= 11 is 0. The molecule has 3 aromatic rings. The van der Waals surface area contributed by atoms with Crippen molar-refractivity contribution < 1.29 is 13.9 Å². The van der Waals surface area contributed by atoms with Gasteiger partial charge in [0.1, 0.15) is 11.2 Å². The third-order valence-corrected chi connectivity index (χ3v) is 2.36. The molecule has 4 heteroatoms. The lowest BCUT2D eigenvalue weighted by molar-refractivity contribution is 0.168. The van der Waals surface area contributed by atoms with Crippen molar-refractivity contribution >= 4 is 22.9 Å². The van der Waals surface area contributed by atoms with E-state index in [0.717, 1.165) is 16.9 Å². The largest absolute Gasteiger partial charge is 0.457 e. The maximum absolute atomic E-state index is 10.9. The van der Waals surface area contributed by atoms with Gasteiger partial charge >= 0.3 is 6.09 Å². The van der Waals surface area contributed by atoms with Gasteiger partial charge in [-0.3, -0.25) is 5.32 Å². The van der Waals surface area contributed by atoms with Crippen molar-refractivity contribution in [1.82, 2.24) is 0 Å². The molecule has 0 aliphatic heterocycles. The summed E-state index contributed by atoms with van der Waals surface area (Å²) in [5, 5.41) is 2.58. The summed E-state index contributed by atoms with van der Waals surface area (Å²) in [4.78, 5) is 10.9. The fraction of sp³-hybridized carbons (Fsp3) is 0.133. The van der Waals surface area contributed by atoms with Crippen molar-refractivity contribution in [1.29, 1.82) is 0 Å². The van der Waals surface area contributed by atoms with Gasteiger partial charge in [-0.2, -0.15) is 0 Å². The Kier molecular flexibility index (Phi) is 4.39. The zero-order chi connectivity index (χ0) is 13.5. The zero-order valence-corrected chi connectivity index (χ0v) is 10.6. The van der Waals surface area contributed by atoms with Gasteiger partial charge < -0.3 is 9.15 Å². The molecule has 0 atom stereocenters. The van der Waals surface area contributed by atoms with Crippen LogP contribution in [0, 0.1) is 0 Å². The molecular formula is C15H15NO3. The fourth-order valence-electron chi connectivity index (χ4n) is 1.52.